The van der Waals surface area contributed by atoms with Crippen LogP contribution in [0.25, 0.3) is 0 Å². The Morgan fingerprint density at radius 2 is 2.28 bits per heavy atom. The second-order valence-electron chi connectivity index (χ2n) is 4.51. The molecule has 1 aliphatic rings. The van der Waals surface area contributed by atoms with E-state index in [2.05, 4.69) is 5.32 Å². The molecule has 1 aliphatic carbocycles. The van der Waals surface area contributed by atoms with E-state index >= 15 is 0 Å². The molecule has 2 rings (SSSR count). The number of thioether (sulfide) groups is 1. The summed E-state index contributed by atoms with van der Waals surface area (Å²) in [4.78, 5) is 11.6. The Balaban J connectivity index is 1.64. The van der Waals surface area contributed by atoms with Gasteiger partial charge in [-0.1, -0.05) is 23.7 Å². The highest BCUT2D eigenvalue weighted by atomic mass is 35.5. The predicted octanol–water partition coefficient (Wildman–Crippen LogP) is 2.21. The van der Waals surface area contributed by atoms with Crippen LogP contribution in [0.15, 0.2) is 24.3 Å². The van der Waals surface area contributed by atoms with Gasteiger partial charge in [-0.05, 0) is 30.5 Å². The van der Waals surface area contributed by atoms with Crippen molar-refractivity contribution in [1.82, 2.24) is 5.32 Å². The number of amides is 1. The number of rotatable bonds is 5. The van der Waals surface area contributed by atoms with Gasteiger partial charge >= 0.3 is 0 Å². The molecular formula is C13H16ClNO2S. The van der Waals surface area contributed by atoms with E-state index in [9.17, 15) is 4.79 Å². The van der Waals surface area contributed by atoms with Crippen LogP contribution >= 0.6 is 23.4 Å². The van der Waals surface area contributed by atoms with Crippen molar-refractivity contribution in [3.8, 4) is 0 Å². The Morgan fingerprint density at radius 3 is 2.94 bits per heavy atom. The van der Waals surface area contributed by atoms with E-state index < -0.39 is 0 Å². The summed E-state index contributed by atoms with van der Waals surface area (Å²) in [5.41, 5.74) is 1.12. The molecule has 1 amide bonds. The van der Waals surface area contributed by atoms with Crippen molar-refractivity contribution in [2.75, 3.05) is 5.75 Å². The van der Waals surface area contributed by atoms with Gasteiger partial charge in [-0.3, -0.25) is 4.79 Å². The van der Waals surface area contributed by atoms with E-state index in [-0.39, 0.29) is 18.1 Å². The van der Waals surface area contributed by atoms with Gasteiger partial charge in [-0.2, -0.15) is 0 Å². The maximum absolute atomic E-state index is 11.6. The molecule has 1 saturated carbocycles. The van der Waals surface area contributed by atoms with Gasteiger partial charge in [0.25, 0.3) is 0 Å². The van der Waals surface area contributed by atoms with E-state index in [4.69, 9.17) is 16.7 Å². The van der Waals surface area contributed by atoms with Gasteiger partial charge in [-0.15, -0.1) is 11.8 Å². The third kappa shape index (κ3) is 4.19. The lowest BCUT2D eigenvalue weighted by Crippen LogP contribution is -2.47. The standard InChI is InChI=1S/C13H16ClNO2S/c14-10-3-1-2-9(4-10)7-18-8-13(17)15-11-5-12(16)6-11/h1-4,11-12,16H,5-8H2,(H,15,17). The Labute approximate surface area is 116 Å². The minimum atomic E-state index is -0.227. The van der Waals surface area contributed by atoms with Crippen molar-refractivity contribution >= 4 is 29.3 Å². The molecule has 0 radical (unpaired) electrons. The lowest BCUT2D eigenvalue weighted by atomic mass is 9.89. The second kappa shape index (κ2) is 6.45. The van der Waals surface area contributed by atoms with Gasteiger partial charge in [-0.25, -0.2) is 0 Å². The Hall–Kier alpha value is -0.710. The van der Waals surface area contributed by atoms with Gasteiger partial charge in [0, 0.05) is 16.8 Å². The first kappa shape index (κ1) is 13.7. The van der Waals surface area contributed by atoms with E-state index in [1.165, 1.54) is 0 Å². The molecule has 0 unspecified atom stereocenters. The number of aliphatic hydroxyl groups is 1. The number of aliphatic hydroxyl groups excluding tert-OH is 1. The number of halogens is 1. The molecule has 98 valence electrons. The summed E-state index contributed by atoms with van der Waals surface area (Å²) in [6, 6.07) is 7.82. The highest BCUT2D eigenvalue weighted by molar-refractivity contribution is 7.99. The summed E-state index contributed by atoms with van der Waals surface area (Å²) in [6.07, 6.45) is 1.14. The first-order valence-electron chi connectivity index (χ1n) is 5.93. The van der Waals surface area contributed by atoms with E-state index in [0.29, 0.717) is 18.6 Å². The van der Waals surface area contributed by atoms with Crippen LogP contribution in [-0.2, 0) is 10.5 Å². The minimum Gasteiger partial charge on any atom is -0.393 e. The molecule has 0 bridgehead atoms. The zero-order valence-electron chi connectivity index (χ0n) is 9.93. The monoisotopic (exact) mass is 285 g/mol. The van der Waals surface area contributed by atoms with Crippen LogP contribution in [0.2, 0.25) is 5.02 Å². The minimum absolute atomic E-state index is 0.0407. The molecule has 18 heavy (non-hydrogen) atoms. The first-order chi connectivity index (χ1) is 8.63. The lowest BCUT2D eigenvalue weighted by molar-refractivity contribution is -0.120. The molecule has 0 heterocycles. The van der Waals surface area contributed by atoms with E-state index in [1.807, 2.05) is 24.3 Å². The first-order valence-corrected chi connectivity index (χ1v) is 7.46. The van der Waals surface area contributed by atoms with Crippen molar-refractivity contribution in [2.24, 2.45) is 0 Å². The third-order valence-electron chi connectivity index (χ3n) is 2.87. The SMILES string of the molecule is O=C(CSCc1cccc(Cl)c1)NC1CC(O)C1. The molecule has 0 aliphatic heterocycles. The largest absolute Gasteiger partial charge is 0.393 e. The van der Waals surface area contributed by atoms with Gasteiger partial charge < -0.3 is 10.4 Å². The second-order valence-corrected chi connectivity index (χ2v) is 5.93. The molecular weight excluding hydrogens is 270 g/mol. The van der Waals surface area contributed by atoms with Crippen molar-refractivity contribution < 1.29 is 9.90 Å². The Bertz CT molecular complexity index is 421. The molecule has 3 nitrogen and oxygen atoms in total. The molecule has 0 saturated heterocycles. The van der Waals surface area contributed by atoms with Crippen LogP contribution in [0.5, 0.6) is 0 Å². The van der Waals surface area contributed by atoms with Crippen molar-refractivity contribution in [1.29, 1.82) is 0 Å². The van der Waals surface area contributed by atoms with Crippen molar-refractivity contribution in [2.45, 2.75) is 30.7 Å². The highest BCUT2D eigenvalue weighted by Crippen LogP contribution is 2.20. The van der Waals surface area contributed by atoms with Gasteiger partial charge in [0.1, 0.15) is 0 Å². The van der Waals surface area contributed by atoms with Gasteiger partial charge in [0.2, 0.25) is 5.91 Å². The van der Waals surface area contributed by atoms with Crippen LogP contribution in [0.1, 0.15) is 18.4 Å². The maximum atomic E-state index is 11.6. The molecule has 5 heteroatoms. The maximum Gasteiger partial charge on any atom is 0.230 e. The fourth-order valence-electron chi connectivity index (χ4n) is 1.86. The molecule has 0 spiro atoms. The number of nitrogens with one attached hydrogen (secondary N) is 1. The zero-order valence-corrected chi connectivity index (χ0v) is 11.5. The number of carbonyl (C=O) groups is 1. The number of hydrogen-bond acceptors (Lipinski definition) is 3. The third-order valence-corrected chi connectivity index (χ3v) is 4.11. The fraction of sp³-hybridized carbons (Fsp3) is 0.462. The molecule has 1 fully saturated rings. The summed E-state index contributed by atoms with van der Waals surface area (Å²) < 4.78 is 0. The quantitative estimate of drug-likeness (QED) is 0.872. The predicted molar refractivity (Wildman–Crippen MR) is 74.8 cm³/mol. The molecule has 0 aromatic heterocycles. The summed E-state index contributed by atoms with van der Waals surface area (Å²) in [5, 5.41) is 12.7. The van der Waals surface area contributed by atoms with Crippen molar-refractivity contribution in [3.05, 3.63) is 34.9 Å². The molecule has 1 aromatic carbocycles. The number of carbonyl (C=O) groups excluding carboxylic acids is 1. The Kier molecular flexibility index (Phi) is 4.92. The van der Waals surface area contributed by atoms with Crippen LogP contribution in [0, 0.1) is 0 Å². The average Bonchev–Trinajstić information content (AvgIpc) is 2.27. The summed E-state index contributed by atoms with van der Waals surface area (Å²) in [5.74, 6) is 1.26. The van der Waals surface area contributed by atoms with Crippen LogP contribution in [-0.4, -0.2) is 28.9 Å². The van der Waals surface area contributed by atoms with E-state index in [0.717, 1.165) is 16.3 Å². The molecule has 2 N–H and O–H groups in total. The topological polar surface area (TPSA) is 49.3 Å². The van der Waals surface area contributed by atoms with Crippen LogP contribution in [0.4, 0.5) is 0 Å². The van der Waals surface area contributed by atoms with Gasteiger partial charge in [0.15, 0.2) is 0 Å². The Morgan fingerprint density at radius 1 is 1.50 bits per heavy atom. The number of benzene rings is 1. The lowest BCUT2D eigenvalue weighted by Gasteiger charge is -2.31. The average molecular weight is 286 g/mol. The van der Waals surface area contributed by atoms with Crippen LogP contribution in [0.3, 0.4) is 0 Å². The zero-order chi connectivity index (χ0) is 13.0. The van der Waals surface area contributed by atoms with E-state index in [1.54, 1.807) is 11.8 Å². The summed E-state index contributed by atoms with van der Waals surface area (Å²) >= 11 is 7.45. The normalized spacial score (nSPS) is 22.3. The highest BCUT2D eigenvalue weighted by Gasteiger charge is 2.28. The van der Waals surface area contributed by atoms with Crippen LogP contribution < -0.4 is 5.32 Å². The fourth-order valence-corrected chi connectivity index (χ4v) is 2.86. The molecule has 0 atom stereocenters. The van der Waals surface area contributed by atoms with Gasteiger partial charge in [0.05, 0.1) is 11.9 Å². The smallest absolute Gasteiger partial charge is 0.230 e. The summed E-state index contributed by atoms with van der Waals surface area (Å²) in [6.45, 7) is 0. The van der Waals surface area contributed by atoms with Crippen molar-refractivity contribution in [3.63, 3.8) is 0 Å². The molecule has 1 aromatic rings. The number of hydrogen-bond donors (Lipinski definition) is 2. The summed E-state index contributed by atoms with van der Waals surface area (Å²) in [7, 11) is 0.